The van der Waals surface area contributed by atoms with Crippen molar-refractivity contribution in [3.63, 3.8) is 0 Å². The first-order chi connectivity index (χ1) is 6.65. The normalized spacial score (nSPS) is 12.6. The molecular formula is C11H15FO2. The van der Waals surface area contributed by atoms with Gasteiger partial charge >= 0.3 is 0 Å². The summed E-state index contributed by atoms with van der Waals surface area (Å²) in [6.45, 7) is 4.08. The molecule has 0 aliphatic heterocycles. The summed E-state index contributed by atoms with van der Waals surface area (Å²) in [6.07, 6.45) is 0.234. The summed E-state index contributed by atoms with van der Waals surface area (Å²) >= 11 is 0. The molecule has 1 aromatic carbocycles. The van der Waals surface area contributed by atoms with Crippen molar-refractivity contribution >= 4 is 0 Å². The van der Waals surface area contributed by atoms with Gasteiger partial charge in [0.15, 0.2) is 11.6 Å². The van der Waals surface area contributed by atoms with Crippen LogP contribution in [0.15, 0.2) is 18.2 Å². The standard InChI is InChI=1S/C11H15FO2/c1-3-6-14-11-7-9(8(2)13)4-5-10(11)12/h4-5,7-8,13H,3,6H2,1-2H3/t8-/m0/s1. The highest BCUT2D eigenvalue weighted by atomic mass is 19.1. The number of ether oxygens (including phenoxy) is 1. The van der Waals surface area contributed by atoms with Crippen LogP contribution in [0.4, 0.5) is 4.39 Å². The van der Waals surface area contributed by atoms with E-state index in [0.29, 0.717) is 12.2 Å². The van der Waals surface area contributed by atoms with E-state index in [4.69, 9.17) is 4.74 Å². The zero-order chi connectivity index (χ0) is 10.6. The molecule has 0 bridgehead atoms. The van der Waals surface area contributed by atoms with Crippen molar-refractivity contribution in [3.05, 3.63) is 29.6 Å². The average Bonchev–Trinajstić information content (AvgIpc) is 2.16. The second-order valence-corrected chi connectivity index (χ2v) is 3.21. The Bertz CT molecular complexity index is 297. The van der Waals surface area contributed by atoms with Gasteiger partial charge in [0.2, 0.25) is 0 Å². The van der Waals surface area contributed by atoms with Crippen molar-refractivity contribution in [2.75, 3.05) is 6.61 Å². The van der Waals surface area contributed by atoms with Gasteiger partial charge in [0.25, 0.3) is 0 Å². The molecule has 1 N–H and O–H groups in total. The third-order valence-electron chi connectivity index (χ3n) is 1.90. The smallest absolute Gasteiger partial charge is 0.165 e. The van der Waals surface area contributed by atoms with E-state index in [-0.39, 0.29) is 11.6 Å². The minimum atomic E-state index is -0.598. The van der Waals surface area contributed by atoms with Crippen LogP contribution in [0.25, 0.3) is 0 Å². The van der Waals surface area contributed by atoms with Crippen LogP contribution in [-0.4, -0.2) is 11.7 Å². The highest BCUT2D eigenvalue weighted by Crippen LogP contribution is 2.22. The predicted molar refractivity (Wildman–Crippen MR) is 52.8 cm³/mol. The maximum atomic E-state index is 13.1. The van der Waals surface area contributed by atoms with Crippen LogP contribution in [0.3, 0.4) is 0 Å². The molecule has 0 saturated carbocycles. The van der Waals surface area contributed by atoms with E-state index in [2.05, 4.69) is 0 Å². The van der Waals surface area contributed by atoms with Gasteiger partial charge < -0.3 is 9.84 Å². The van der Waals surface area contributed by atoms with E-state index in [9.17, 15) is 9.50 Å². The van der Waals surface area contributed by atoms with Gasteiger partial charge in [-0.1, -0.05) is 13.0 Å². The van der Waals surface area contributed by atoms with Gasteiger partial charge in [-0.05, 0) is 31.0 Å². The zero-order valence-corrected chi connectivity index (χ0v) is 8.46. The first-order valence-corrected chi connectivity index (χ1v) is 4.75. The van der Waals surface area contributed by atoms with Crippen LogP contribution in [0, 0.1) is 5.82 Å². The first-order valence-electron chi connectivity index (χ1n) is 4.75. The van der Waals surface area contributed by atoms with Gasteiger partial charge in [-0.25, -0.2) is 4.39 Å². The number of hydrogen-bond acceptors (Lipinski definition) is 2. The summed E-state index contributed by atoms with van der Waals surface area (Å²) in [5, 5.41) is 9.29. The fourth-order valence-corrected chi connectivity index (χ4v) is 1.10. The van der Waals surface area contributed by atoms with Gasteiger partial charge in [-0.3, -0.25) is 0 Å². The van der Waals surface area contributed by atoms with E-state index < -0.39 is 6.10 Å². The number of aliphatic hydroxyl groups is 1. The summed E-state index contributed by atoms with van der Waals surface area (Å²) in [6, 6.07) is 4.40. The minimum Gasteiger partial charge on any atom is -0.491 e. The summed E-state index contributed by atoms with van der Waals surface area (Å²) in [4.78, 5) is 0. The quantitative estimate of drug-likeness (QED) is 0.806. The van der Waals surface area contributed by atoms with Crippen molar-refractivity contribution in [1.29, 1.82) is 0 Å². The predicted octanol–water partition coefficient (Wildman–Crippen LogP) is 2.67. The lowest BCUT2D eigenvalue weighted by Crippen LogP contribution is -1.99. The van der Waals surface area contributed by atoms with Crippen molar-refractivity contribution in [2.24, 2.45) is 0 Å². The molecule has 1 atom stereocenters. The van der Waals surface area contributed by atoms with Gasteiger partial charge in [-0.2, -0.15) is 0 Å². The lowest BCUT2D eigenvalue weighted by Gasteiger charge is -2.09. The molecule has 0 radical (unpaired) electrons. The van der Waals surface area contributed by atoms with Crippen LogP contribution in [0.5, 0.6) is 5.75 Å². The molecule has 0 aromatic heterocycles. The van der Waals surface area contributed by atoms with Crippen LogP contribution in [0.1, 0.15) is 31.9 Å². The summed E-state index contributed by atoms with van der Waals surface area (Å²) < 4.78 is 18.3. The molecule has 0 amide bonds. The zero-order valence-electron chi connectivity index (χ0n) is 8.46. The summed E-state index contributed by atoms with van der Waals surface area (Å²) in [5.74, 6) is -0.173. The number of halogens is 1. The van der Waals surface area contributed by atoms with Gasteiger partial charge in [0.1, 0.15) is 0 Å². The molecular weight excluding hydrogens is 183 g/mol. The number of rotatable bonds is 4. The first kappa shape index (κ1) is 11.0. The molecule has 2 nitrogen and oxygen atoms in total. The molecule has 3 heteroatoms. The van der Waals surface area contributed by atoms with E-state index in [1.165, 1.54) is 12.1 Å². The highest BCUT2D eigenvalue weighted by molar-refractivity contribution is 5.31. The Morgan fingerprint density at radius 2 is 2.21 bits per heavy atom. The number of benzene rings is 1. The van der Waals surface area contributed by atoms with E-state index >= 15 is 0 Å². The van der Waals surface area contributed by atoms with Gasteiger partial charge in [0, 0.05) is 0 Å². The number of aliphatic hydroxyl groups excluding tert-OH is 1. The Labute approximate surface area is 83.3 Å². The Morgan fingerprint density at radius 3 is 2.79 bits per heavy atom. The van der Waals surface area contributed by atoms with Crippen LogP contribution >= 0.6 is 0 Å². The van der Waals surface area contributed by atoms with Crippen LogP contribution in [0.2, 0.25) is 0 Å². The second-order valence-electron chi connectivity index (χ2n) is 3.21. The van der Waals surface area contributed by atoms with E-state index in [1.807, 2.05) is 6.92 Å². The third-order valence-corrected chi connectivity index (χ3v) is 1.90. The third kappa shape index (κ3) is 2.70. The molecule has 78 valence electrons. The molecule has 0 aliphatic rings. The minimum absolute atomic E-state index is 0.213. The maximum absolute atomic E-state index is 13.1. The van der Waals surface area contributed by atoms with Crippen LogP contribution in [-0.2, 0) is 0 Å². The molecule has 0 saturated heterocycles. The largest absolute Gasteiger partial charge is 0.491 e. The Balaban J connectivity index is 2.85. The molecule has 0 aliphatic carbocycles. The molecule has 0 unspecified atom stereocenters. The molecule has 0 spiro atoms. The van der Waals surface area contributed by atoms with Crippen molar-refractivity contribution in [1.82, 2.24) is 0 Å². The Hall–Kier alpha value is -1.09. The molecule has 1 aromatic rings. The topological polar surface area (TPSA) is 29.5 Å². The monoisotopic (exact) mass is 198 g/mol. The summed E-state index contributed by atoms with van der Waals surface area (Å²) in [5.41, 5.74) is 0.664. The molecule has 1 rings (SSSR count). The SMILES string of the molecule is CCCOc1cc([C@H](C)O)ccc1F. The van der Waals surface area contributed by atoms with Crippen LogP contribution < -0.4 is 4.74 Å². The molecule has 0 fully saturated rings. The Morgan fingerprint density at radius 1 is 1.50 bits per heavy atom. The Kier molecular flexibility index (Phi) is 3.89. The fraction of sp³-hybridized carbons (Fsp3) is 0.455. The highest BCUT2D eigenvalue weighted by Gasteiger charge is 2.07. The van der Waals surface area contributed by atoms with E-state index in [1.54, 1.807) is 13.0 Å². The van der Waals surface area contributed by atoms with Crippen molar-refractivity contribution in [3.8, 4) is 5.75 Å². The van der Waals surface area contributed by atoms with Crippen molar-refractivity contribution in [2.45, 2.75) is 26.4 Å². The fourth-order valence-electron chi connectivity index (χ4n) is 1.10. The maximum Gasteiger partial charge on any atom is 0.165 e. The summed E-state index contributed by atoms with van der Waals surface area (Å²) in [7, 11) is 0. The second kappa shape index (κ2) is 4.96. The molecule has 14 heavy (non-hydrogen) atoms. The van der Waals surface area contributed by atoms with Gasteiger partial charge in [0.05, 0.1) is 12.7 Å². The lowest BCUT2D eigenvalue weighted by molar-refractivity contribution is 0.198. The average molecular weight is 198 g/mol. The molecule has 0 heterocycles. The number of hydrogen-bond donors (Lipinski definition) is 1. The van der Waals surface area contributed by atoms with Crippen molar-refractivity contribution < 1.29 is 14.2 Å². The van der Waals surface area contributed by atoms with Gasteiger partial charge in [-0.15, -0.1) is 0 Å². The lowest BCUT2D eigenvalue weighted by atomic mass is 10.1. The van der Waals surface area contributed by atoms with E-state index in [0.717, 1.165) is 6.42 Å².